The van der Waals surface area contributed by atoms with Crippen LogP contribution in [0.3, 0.4) is 0 Å². The van der Waals surface area contributed by atoms with Crippen LogP contribution in [0, 0.1) is 0 Å². The van der Waals surface area contributed by atoms with Crippen LogP contribution in [0.15, 0.2) is 18.3 Å². The van der Waals surface area contributed by atoms with Crippen LogP contribution in [-0.4, -0.2) is 29.1 Å². The molecule has 0 amide bonds. The van der Waals surface area contributed by atoms with Crippen molar-refractivity contribution in [3.05, 3.63) is 29.6 Å². The second-order valence-corrected chi connectivity index (χ2v) is 3.05. The fourth-order valence-corrected chi connectivity index (χ4v) is 1.08. The number of rotatable bonds is 3. The van der Waals surface area contributed by atoms with Crippen molar-refractivity contribution in [1.82, 2.24) is 9.88 Å². The van der Waals surface area contributed by atoms with Crippen LogP contribution in [0.2, 0.25) is 0 Å². The maximum absolute atomic E-state index is 8.82. The normalized spacial score (nSPS) is 10.7. The fourth-order valence-electron chi connectivity index (χ4n) is 1.08. The second-order valence-electron chi connectivity index (χ2n) is 3.05. The van der Waals surface area contributed by atoms with Crippen molar-refractivity contribution in [2.24, 2.45) is 0 Å². The average Bonchev–Trinajstić information content (AvgIpc) is 2.03. The lowest BCUT2D eigenvalue weighted by Gasteiger charge is -2.09. The van der Waals surface area contributed by atoms with Gasteiger partial charge >= 0.3 is 0 Å². The average molecular weight is 166 g/mol. The van der Waals surface area contributed by atoms with Gasteiger partial charge in [0.1, 0.15) is 0 Å². The van der Waals surface area contributed by atoms with E-state index in [0.29, 0.717) is 0 Å². The topological polar surface area (TPSA) is 36.4 Å². The summed E-state index contributed by atoms with van der Waals surface area (Å²) in [6, 6.07) is 3.87. The first-order valence-corrected chi connectivity index (χ1v) is 3.92. The maximum Gasteiger partial charge on any atom is 0.0853 e. The molecule has 1 aromatic heterocycles. The summed E-state index contributed by atoms with van der Waals surface area (Å²) in [5, 5.41) is 8.82. The van der Waals surface area contributed by atoms with Crippen LogP contribution in [-0.2, 0) is 13.2 Å². The van der Waals surface area contributed by atoms with Crippen LogP contribution in [0.4, 0.5) is 0 Å². The Bertz CT molecular complexity index is 248. The van der Waals surface area contributed by atoms with Crippen LogP contribution in [0.1, 0.15) is 11.3 Å². The predicted octanol–water partition coefficient (Wildman–Crippen LogP) is 0.635. The van der Waals surface area contributed by atoms with Crippen LogP contribution in [0.25, 0.3) is 0 Å². The summed E-state index contributed by atoms with van der Waals surface area (Å²) >= 11 is 0. The Morgan fingerprint density at radius 3 is 2.83 bits per heavy atom. The quantitative estimate of drug-likeness (QED) is 0.715. The molecule has 3 nitrogen and oxygen atoms in total. The fraction of sp³-hybridized carbons (Fsp3) is 0.444. The van der Waals surface area contributed by atoms with Gasteiger partial charge < -0.3 is 10.0 Å². The Hall–Kier alpha value is -0.930. The van der Waals surface area contributed by atoms with E-state index in [-0.39, 0.29) is 6.61 Å². The molecule has 0 saturated heterocycles. The molecule has 66 valence electrons. The van der Waals surface area contributed by atoms with Crippen LogP contribution in [0.5, 0.6) is 0 Å². The summed E-state index contributed by atoms with van der Waals surface area (Å²) in [5.74, 6) is 0. The Morgan fingerprint density at radius 2 is 2.25 bits per heavy atom. The smallest absolute Gasteiger partial charge is 0.0853 e. The highest BCUT2D eigenvalue weighted by atomic mass is 16.3. The van der Waals surface area contributed by atoms with Gasteiger partial charge in [0.05, 0.1) is 12.3 Å². The van der Waals surface area contributed by atoms with E-state index in [2.05, 4.69) is 9.88 Å². The lowest BCUT2D eigenvalue weighted by molar-refractivity contribution is 0.276. The second kappa shape index (κ2) is 4.18. The van der Waals surface area contributed by atoms with E-state index >= 15 is 0 Å². The largest absolute Gasteiger partial charge is 0.390 e. The number of hydrogen-bond donors (Lipinski definition) is 1. The molecule has 0 aromatic carbocycles. The van der Waals surface area contributed by atoms with E-state index in [4.69, 9.17) is 5.11 Å². The van der Waals surface area contributed by atoms with Gasteiger partial charge in [-0.05, 0) is 31.8 Å². The highest BCUT2D eigenvalue weighted by molar-refractivity contribution is 5.15. The van der Waals surface area contributed by atoms with E-state index < -0.39 is 0 Å². The molecule has 1 heterocycles. The highest BCUT2D eigenvalue weighted by Gasteiger charge is 1.96. The molecule has 0 saturated carbocycles. The highest BCUT2D eigenvalue weighted by Crippen LogP contribution is 2.03. The van der Waals surface area contributed by atoms with Crippen molar-refractivity contribution >= 4 is 0 Å². The zero-order valence-corrected chi connectivity index (χ0v) is 7.49. The molecular weight excluding hydrogens is 152 g/mol. The molecule has 0 bridgehead atoms. The molecule has 0 aliphatic carbocycles. The summed E-state index contributed by atoms with van der Waals surface area (Å²) in [5.41, 5.74) is 1.91. The van der Waals surface area contributed by atoms with Crippen molar-refractivity contribution in [3.63, 3.8) is 0 Å². The molecular formula is C9H14N2O. The first-order valence-electron chi connectivity index (χ1n) is 3.92. The summed E-state index contributed by atoms with van der Waals surface area (Å²) in [6.45, 7) is 0.900. The Morgan fingerprint density at radius 1 is 1.50 bits per heavy atom. The minimum atomic E-state index is 0.0151. The number of aromatic nitrogens is 1. The number of aliphatic hydroxyl groups is 1. The monoisotopic (exact) mass is 166 g/mol. The standard InChI is InChI=1S/C9H14N2O/c1-11(2)6-8-3-4-10-9(5-8)7-12/h3-5,12H,6-7H2,1-2H3. The molecule has 0 spiro atoms. The number of pyridine rings is 1. The molecule has 0 radical (unpaired) electrons. The van der Waals surface area contributed by atoms with Gasteiger partial charge in [0.25, 0.3) is 0 Å². The molecule has 1 N–H and O–H groups in total. The number of aliphatic hydroxyl groups excluding tert-OH is 1. The van der Waals surface area contributed by atoms with E-state index in [1.54, 1.807) is 6.20 Å². The molecule has 3 heteroatoms. The summed E-state index contributed by atoms with van der Waals surface area (Å²) < 4.78 is 0. The third-order valence-electron chi connectivity index (χ3n) is 1.54. The van der Waals surface area contributed by atoms with E-state index in [1.165, 1.54) is 5.56 Å². The molecule has 0 unspecified atom stereocenters. The molecule has 0 aliphatic heterocycles. The Balaban J connectivity index is 2.72. The molecule has 0 fully saturated rings. The van der Waals surface area contributed by atoms with Crippen molar-refractivity contribution in [2.75, 3.05) is 14.1 Å². The lowest BCUT2D eigenvalue weighted by atomic mass is 10.2. The Kier molecular flexibility index (Phi) is 3.19. The van der Waals surface area contributed by atoms with Gasteiger partial charge in [0.2, 0.25) is 0 Å². The van der Waals surface area contributed by atoms with Gasteiger partial charge in [0.15, 0.2) is 0 Å². The van der Waals surface area contributed by atoms with Crippen molar-refractivity contribution in [1.29, 1.82) is 0 Å². The zero-order valence-electron chi connectivity index (χ0n) is 7.49. The predicted molar refractivity (Wildman–Crippen MR) is 47.6 cm³/mol. The van der Waals surface area contributed by atoms with Crippen molar-refractivity contribution < 1.29 is 5.11 Å². The third-order valence-corrected chi connectivity index (χ3v) is 1.54. The lowest BCUT2D eigenvalue weighted by Crippen LogP contribution is -2.10. The Labute approximate surface area is 72.7 Å². The number of nitrogens with zero attached hydrogens (tertiary/aromatic N) is 2. The number of hydrogen-bond acceptors (Lipinski definition) is 3. The zero-order chi connectivity index (χ0) is 8.97. The summed E-state index contributed by atoms with van der Waals surface area (Å²) in [4.78, 5) is 6.08. The SMILES string of the molecule is CN(C)Cc1ccnc(CO)c1. The van der Waals surface area contributed by atoms with E-state index in [9.17, 15) is 0 Å². The van der Waals surface area contributed by atoms with Gasteiger partial charge in [-0.25, -0.2) is 0 Å². The molecule has 12 heavy (non-hydrogen) atoms. The minimum absolute atomic E-state index is 0.0151. The molecule has 1 rings (SSSR count). The van der Waals surface area contributed by atoms with Gasteiger partial charge in [-0.1, -0.05) is 0 Å². The van der Waals surface area contributed by atoms with Crippen molar-refractivity contribution in [2.45, 2.75) is 13.2 Å². The van der Waals surface area contributed by atoms with Gasteiger partial charge in [-0.3, -0.25) is 4.98 Å². The van der Waals surface area contributed by atoms with Crippen molar-refractivity contribution in [3.8, 4) is 0 Å². The minimum Gasteiger partial charge on any atom is -0.390 e. The summed E-state index contributed by atoms with van der Waals surface area (Å²) in [7, 11) is 4.03. The van der Waals surface area contributed by atoms with Crippen LogP contribution >= 0.6 is 0 Å². The van der Waals surface area contributed by atoms with E-state index in [1.807, 2.05) is 26.2 Å². The van der Waals surface area contributed by atoms with Crippen LogP contribution < -0.4 is 0 Å². The first-order chi connectivity index (χ1) is 5.72. The van der Waals surface area contributed by atoms with E-state index in [0.717, 1.165) is 12.2 Å². The molecule has 0 atom stereocenters. The maximum atomic E-state index is 8.82. The van der Waals surface area contributed by atoms with Gasteiger partial charge in [-0.15, -0.1) is 0 Å². The van der Waals surface area contributed by atoms with Gasteiger partial charge in [-0.2, -0.15) is 0 Å². The third kappa shape index (κ3) is 2.60. The molecule has 1 aromatic rings. The van der Waals surface area contributed by atoms with Gasteiger partial charge in [0, 0.05) is 12.7 Å². The molecule has 0 aliphatic rings. The first kappa shape index (κ1) is 9.16. The summed E-state index contributed by atoms with van der Waals surface area (Å²) in [6.07, 6.45) is 1.73.